The topological polar surface area (TPSA) is 71.1 Å². The quantitative estimate of drug-likeness (QED) is 0.704. The molecule has 0 aliphatic heterocycles. The molecule has 2 amide bonds. The Morgan fingerprint density at radius 3 is 2.71 bits per heavy atom. The summed E-state index contributed by atoms with van der Waals surface area (Å²) in [4.78, 5) is 26.2. The first-order chi connectivity index (χ1) is 6.63. The van der Waals surface area contributed by atoms with E-state index in [4.69, 9.17) is 0 Å². The van der Waals surface area contributed by atoms with E-state index in [1.807, 2.05) is 6.92 Å². The van der Waals surface area contributed by atoms with E-state index in [9.17, 15) is 9.59 Å². The van der Waals surface area contributed by atoms with Crippen LogP contribution in [0.5, 0.6) is 0 Å². The predicted molar refractivity (Wildman–Crippen MR) is 54.2 cm³/mol. The molecule has 1 rings (SSSR count). The van der Waals surface area contributed by atoms with Crippen LogP contribution in [-0.2, 0) is 9.59 Å². The summed E-state index contributed by atoms with van der Waals surface area (Å²) in [7, 11) is 0. The average Bonchev–Trinajstić information content (AvgIpc) is 2.51. The molecular formula is C8H11N3O2S. The van der Waals surface area contributed by atoms with Crippen LogP contribution in [0, 0.1) is 6.92 Å². The van der Waals surface area contributed by atoms with Gasteiger partial charge in [0.25, 0.3) is 0 Å². The number of aromatic nitrogens is 1. The van der Waals surface area contributed by atoms with Gasteiger partial charge >= 0.3 is 11.8 Å². The van der Waals surface area contributed by atoms with Crippen LogP contribution in [0.2, 0.25) is 0 Å². The molecule has 0 radical (unpaired) electrons. The maximum Gasteiger partial charge on any atom is 0.315 e. The number of carbonyl (C=O) groups excluding carboxylic acids is 2. The SMILES string of the molecule is CCNC(=O)C(=O)Nc1nc(C)cs1. The van der Waals surface area contributed by atoms with Gasteiger partial charge in [-0.3, -0.25) is 14.9 Å². The molecule has 2 N–H and O–H groups in total. The van der Waals surface area contributed by atoms with E-state index in [2.05, 4.69) is 15.6 Å². The van der Waals surface area contributed by atoms with Gasteiger partial charge in [-0.05, 0) is 13.8 Å². The van der Waals surface area contributed by atoms with Gasteiger partial charge in [0.05, 0.1) is 5.69 Å². The zero-order chi connectivity index (χ0) is 10.6. The van der Waals surface area contributed by atoms with E-state index >= 15 is 0 Å². The monoisotopic (exact) mass is 213 g/mol. The first kappa shape index (κ1) is 10.6. The first-order valence-electron chi connectivity index (χ1n) is 4.14. The van der Waals surface area contributed by atoms with E-state index in [1.54, 1.807) is 12.3 Å². The highest BCUT2D eigenvalue weighted by atomic mass is 32.1. The number of nitrogens with zero attached hydrogens (tertiary/aromatic N) is 1. The van der Waals surface area contributed by atoms with Crippen LogP contribution in [0.1, 0.15) is 12.6 Å². The van der Waals surface area contributed by atoms with Gasteiger partial charge in [-0.15, -0.1) is 11.3 Å². The Labute approximate surface area is 85.5 Å². The number of aryl methyl sites for hydroxylation is 1. The third kappa shape index (κ3) is 2.81. The first-order valence-corrected chi connectivity index (χ1v) is 5.02. The fourth-order valence-electron chi connectivity index (χ4n) is 0.806. The number of anilines is 1. The van der Waals surface area contributed by atoms with Crippen molar-refractivity contribution >= 4 is 28.3 Å². The van der Waals surface area contributed by atoms with Crippen molar-refractivity contribution in [2.24, 2.45) is 0 Å². The smallest absolute Gasteiger partial charge is 0.315 e. The number of nitrogens with one attached hydrogen (secondary N) is 2. The normalized spacial score (nSPS) is 9.57. The Balaban J connectivity index is 2.53. The van der Waals surface area contributed by atoms with Crippen molar-refractivity contribution in [1.82, 2.24) is 10.3 Å². The molecule has 76 valence electrons. The highest BCUT2D eigenvalue weighted by Crippen LogP contribution is 2.13. The summed E-state index contributed by atoms with van der Waals surface area (Å²) >= 11 is 1.29. The fraction of sp³-hybridized carbons (Fsp3) is 0.375. The van der Waals surface area contributed by atoms with Crippen molar-refractivity contribution in [2.45, 2.75) is 13.8 Å². The van der Waals surface area contributed by atoms with Crippen LogP contribution in [-0.4, -0.2) is 23.3 Å². The zero-order valence-electron chi connectivity index (χ0n) is 7.96. The van der Waals surface area contributed by atoms with Gasteiger partial charge < -0.3 is 5.32 Å². The lowest BCUT2D eigenvalue weighted by Crippen LogP contribution is -2.35. The van der Waals surface area contributed by atoms with Crippen LogP contribution in [0.4, 0.5) is 5.13 Å². The lowest BCUT2D eigenvalue weighted by molar-refractivity contribution is -0.136. The summed E-state index contributed by atoms with van der Waals surface area (Å²) in [5, 5.41) is 7.04. The van der Waals surface area contributed by atoms with Crippen LogP contribution in [0.25, 0.3) is 0 Å². The number of rotatable bonds is 2. The minimum Gasteiger partial charge on any atom is -0.348 e. The van der Waals surface area contributed by atoms with Crippen molar-refractivity contribution in [3.8, 4) is 0 Å². The van der Waals surface area contributed by atoms with Crippen LogP contribution < -0.4 is 10.6 Å². The molecule has 14 heavy (non-hydrogen) atoms. The molecule has 0 aliphatic carbocycles. The second-order valence-corrected chi connectivity index (χ2v) is 3.47. The summed E-state index contributed by atoms with van der Waals surface area (Å²) in [5.41, 5.74) is 0.821. The van der Waals surface area contributed by atoms with Gasteiger partial charge in [-0.25, -0.2) is 4.98 Å². The number of amides is 2. The maximum atomic E-state index is 11.2. The molecular weight excluding hydrogens is 202 g/mol. The molecule has 0 aromatic carbocycles. The van der Waals surface area contributed by atoms with Gasteiger partial charge in [0, 0.05) is 11.9 Å². The fourth-order valence-corrected chi connectivity index (χ4v) is 1.49. The minimum atomic E-state index is -0.679. The summed E-state index contributed by atoms with van der Waals surface area (Å²) in [6, 6.07) is 0. The molecule has 1 aromatic heterocycles. The Hall–Kier alpha value is -1.43. The van der Waals surface area contributed by atoms with Gasteiger partial charge in [-0.2, -0.15) is 0 Å². The summed E-state index contributed by atoms with van der Waals surface area (Å²) < 4.78 is 0. The Kier molecular flexibility index (Phi) is 3.58. The molecule has 0 spiro atoms. The van der Waals surface area contributed by atoms with E-state index in [0.717, 1.165) is 5.69 Å². The van der Waals surface area contributed by atoms with Crippen molar-refractivity contribution in [3.63, 3.8) is 0 Å². The van der Waals surface area contributed by atoms with Crippen molar-refractivity contribution < 1.29 is 9.59 Å². The largest absolute Gasteiger partial charge is 0.348 e. The Morgan fingerprint density at radius 2 is 2.21 bits per heavy atom. The number of likely N-dealkylation sites (N-methyl/N-ethyl adjacent to an activating group) is 1. The van der Waals surface area contributed by atoms with Crippen LogP contribution in [0.3, 0.4) is 0 Å². The Bertz CT molecular complexity index is 348. The van der Waals surface area contributed by atoms with E-state index < -0.39 is 11.8 Å². The molecule has 0 bridgehead atoms. The number of hydrogen-bond acceptors (Lipinski definition) is 4. The third-order valence-corrected chi connectivity index (χ3v) is 2.26. The number of thiazole rings is 1. The molecule has 0 unspecified atom stereocenters. The van der Waals surface area contributed by atoms with E-state index in [-0.39, 0.29) is 0 Å². The summed E-state index contributed by atoms with van der Waals surface area (Å²) in [6.07, 6.45) is 0. The van der Waals surface area contributed by atoms with Gasteiger partial charge in [0.2, 0.25) is 0 Å². The van der Waals surface area contributed by atoms with Crippen LogP contribution >= 0.6 is 11.3 Å². The molecule has 0 fully saturated rings. The van der Waals surface area contributed by atoms with Gasteiger partial charge in [0.15, 0.2) is 5.13 Å². The minimum absolute atomic E-state index is 0.434. The van der Waals surface area contributed by atoms with Gasteiger partial charge in [-0.1, -0.05) is 0 Å². The molecule has 5 nitrogen and oxygen atoms in total. The highest BCUT2D eigenvalue weighted by molar-refractivity contribution is 7.14. The molecule has 1 heterocycles. The van der Waals surface area contributed by atoms with Crippen LogP contribution in [0.15, 0.2) is 5.38 Å². The molecule has 0 saturated carbocycles. The summed E-state index contributed by atoms with van der Waals surface area (Å²) in [5.74, 6) is -1.32. The third-order valence-electron chi connectivity index (χ3n) is 1.38. The molecule has 6 heteroatoms. The van der Waals surface area contributed by atoms with E-state index in [1.165, 1.54) is 11.3 Å². The second-order valence-electron chi connectivity index (χ2n) is 2.61. The van der Waals surface area contributed by atoms with Gasteiger partial charge in [0.1, 0.15) is 0 Å². The standard InChI is InChI=1S/C8H11N3O2S/c1-3-9-6(12)7(13)11-8-10-5(2)4-14-8/h4H,3H2,1-2H3,(H,9,12)(H,10,11,13). The lowest BCUT2D eigenvalue weighted by Gasteiger charge is -2.00. The number of carbonyl (C=O) groups is 2. The highest BCUT2D eigenvalue weighted by Gasteiger charge is 2.13. The molecule has 1 aromatic rings. The molecule has 0 saturated heterocycles. The maximum absolute atomic E-state index is 11.2. The second kappa shape index (κ2) is 4.71. The molecule has 0 atom stereocenters. The van der Waals surface area contributed by atoms with Crippen molar-refractivity contribution in [2.75, 3.05) is 11.9 Å². The lowest BCUT2D eigenvalue weighted by atomic mass is 10.5. The predicted octanol–water partition coefficient (Wildman–Crippen LogP) is 0.526. The molecule has 0 aliphatic rings. The Morgan fingerprint density at radius 1 is 1.50 bits per heavy atom. The summed E-state index contributed by atoms with van der Waals surface area (Å²) in [6.45, 7) is 4.00. The average molecular weight is 213 g/mol. The van der Waals surface area contributed by atoms with Crippen molar-refractivity contribution in [3.05, 3.63) is 11.1 Å². The number of hydrogen-bond donors (Lipinski definition) is 2. The van der Waals surface area contributed by atoms with Crippen molar-refractivity contribution in [1.29, 1.82) is 0 Å². The van der Waals surface area contributed by atoms with E-state index in [0.29, 0.717) is 11.7 Å². The zero-order valence-corrected chi connectivity index (χ0v) is 8.77.